The van der Waals surface area contributed by atoms with E-state index in [0.29, 0.717) is 13.1 Å². The minimum absolute atomic E-state index is 0.0344. The van der Waals surface area contributed by atoms with Gasteiger partial charge in [-0.25, -0.2) is 13.1 Å². The van der Waals surface area contributed by atoms with Gasteiger partial charge in [0, 0.05) is 18.8 Å². The first-order chi connectivity index (χ1) is 8.63. The van der Waals surface area contributed by atoms with Crippen LogP contribution >= 0.6 is 0 Å². The van der Waals surface area contributed by atoms with Crippen LogP contribution in [-0.2, 0) is 16.6 Å². The monoisotopic (exact) mass is 286 g/mol. The summed E-state index contributed by atoms with van der Waals surface area (Å²) in [6, 6.07) is -0.0529. The topological polar surface area (TPSA) is 90.0 Å². The molecule has 1 heterocycles. The largest absolute Gasteiger partial charge is 0.329 e. The number of nitrogens with zero attached hydrogens (tertiary/aromatic N) is 2. The van der Waals surface area contributed by atoms with Gasteiger partial charge in [0.05, 0.1) is 12.7 Å². The Hall–Kier alpha value is -0.920. The van der Waals surface area contributed by atoms with Crippen LogP contribution in [0.1, 0.15) is 27.7 Å². The summed E-state index contributed by atoms with van der Waals surface area (Å²) < 4.78 is 28.9. The Kier molecular flexibility index (Phi) is 3.27. The van der Waals surface area contributed by atoms with Crippen molar-refractivity contribution in [1.29, 1.82) is 0 Å². The Morgan fingerprint density at radius 1 is 1.37 bits per heavy atom. The molecule has 1 fully saturated rings. The number of hydrogen-bond donors (Lipinski definition) is 2. The molecule has 0 spiro atoms. The first kappa shape index (κ1) is 14.5. The Morgan fingerprint density at radius 2 is 1.95 bits per heavy atom. The van der Waals surface area contributed by atoms with E-state index in [1.807, 2.05) is 0 Å². The number of hydrogen-bond acceptors (Lipinski definition) is 4. The number of aromatic nitrogens is 2. The molecular weight excluding hydrogens is 264 g/mol. The average Bonchev–Trinajstić information content (AvgIpc) is 2.71. The van der Waals surface area contributed by atoms with E-state index in [-0.39, 0.29) is 21.8 Å². The van der Waals surface area contributed by atoms with Gasteiger partial charge in [0.1, 0.15) is 4.90 Å². The van der Waals surface area contributed by atoms with E-state index in [0.717, 1.165) is 0 Å². The molecule has 19 heavy (non-hydrogen) atoms. The van der Waals surface area contributed by atoms with Crippen LogP contribution in [0.15, 0.2) is 17.3 Å². The maximum absolute atomic E-state index is 12.3. The summed E-state index contributed by atoms with van der Waals surface area (Å²) in [4.78, 5) is 0.194. The molecule has 3 N–H and O–H groups in total. The van der Waals surface area contributed by atoms with Gasteiger partial charge in [-0.05, 0) is 10.8 Å². The zero-order chi connectivity index (χ0) is 14.5. The van der Waals surface area contributed by atoms with Gasteiger partial charge in [-0.15, -0.1) is 0 Å². The molecule has 7 heteroatoms. The maximum atomic E-state index is 12.3. The number of rotatable bonds is 5. The van der Waals surface area contributed by atoms with Gasteiger partial charge >= 0.3 is 0 Å². The fourth-order valence-corrected chi connectivity index (χ4v) is 3.93. The van der Waals surface area contributed by atoms with Crippen LogP contribution in [0.3, 0.4) is 0 Å². The van der Waals surface area contributed by atoms with Gasteiger partial charge in [-0.3, -0.25) is 4.68 Å². The van der Waals surface area contributed by atoms with Gasteiger partial charge in [-0.1, -0.05) is 27.7 Å². The second-order valence-electron chi connectivity index (χ2n) is 6.23. The van der Waals surface area contributed by atoms with Crippen LogP contribution in [0.4, 0.5) is 0 Å². The standard InChI is InChI=1S/C12H22N4O2S/c1-11(2)10(12(11,3)4)15-19(17,18)9-7-14-16(8-9)6-5-13/h7-8,10,15H,5-6,13H2,1-4H3. The molecule has 1 aromatic rings. The average molecular weight is 286 g/mol. The van der Waals surface area contributed by atoms with Crippen molar-refractivity contribution in [3.8, 4) is 0 Å². The summed E-state index contributed by atoms with van der Waals surface area (Å²) in [5.74, 6) is 0. The smallest absolute Gasteiger partial charge is 0.243 e. The molecule has 0 aliphatic heterocycles. The quantitative estimate of drug-likeness (QED) is 0.827. The first-order valence-electron chi connectivity index (χ1n) is 6.38. The van der Waals surface area contributed by atoms with Gasteiger partial charge < -0.3 is 5.73 Å². The summed E-state index contributed by atoms with van der Waals surface area (Å²) >= 11 is 0. The molecule has 0 atom stereocenters. The van der Waals surface area contributed by atoms with E-state index in [9.17, 15) is 8.42 Å². The second-order valence-corrected chi connectivity index (χ2v) is 7.94. The molecule has 0 amide bonds. The van der Waals surface area contributed by atoms with Crippen molar-refractivity contribution in [3.63, 3.8) is 0 Å². The first-order valence-corrected chi connectivity index (χ1v) is 7.86. The Morgan fingerprint density at radius 3 is 2.42 bits per heavy atom. The molecule has 1 aliphatic rings. The molecule has 0 aromatic carbocycles. The molecular formula is C12H22N4O2S. The number of nitrogens with one attached hydrogen (secondary N) is 1. The second kappa shape index (κ2) is 4.29. The van der Waals surface area contributed by atoms with Crippen LogP contribution < -0.4 is 10.5 Å². The molecule has 0 saturated heterocycles. The summed E-state index contributed by atoms with van der Waals surface area (Å²) in [5, 5.41) is 3.99. The molecule has 6 nitrogen and oxygen atoms in total. The highest BCUT2D eigenvalue weighted by Gasteiger charge is 2.66. The Bertz CT molecular complexity index is 560. The summed E-state index contributed by atoms with van der Waals surface area (Å²) in [6.07, 6.45) is 2.87. The van der Waals surface area contributed by atoms with Crippen molar-refractivity contribution < 1.29 is 8.42 Å². The third kappa shape index (κ3) is 2.30. The molecule has 1 aliphatic carbocycles. The highest BCUT2D eigenvalue weighted by atomic mass is 32.2. The highest BCUT2D eigenvalue weighted by molar-refractivity contribution is 7.89. The lowest BCUT2D eigenvalue weighted by Gasteiger charge is -2.06. The molecule has 0 unspecified atom stereocenters. The Balaban J connectivity index is 2.15. The van der Waals surface area contributed by atoms with Crippen LogP contribution in [-0.4, -0.2) is 30.8 Å². The van der Waals surface area contributed by atoms with Gasteiger partial charge in [-0.2, -0.15) is 5.10 Å². The van der Waals surface area contributed by atoms with E-state index >= 15 is 0 Å². The van der Waals surface area contributed by atoms with Gasteiger partial charge in [0.25, 0.3) is 0 Å². The van der Waals surface area contributed by atoms with Gasteiger partial charge in [0.2, 0.25) is 10.0 Å². The molecule has 1 saturated carbocycles. The van der Waals surface area contributed by atoms with Crippen LogP contribution in [0.25, 0.3) is 0 Å². The van der Waals surface area contributed by atoms with Crippen molar-refractivity contribution in [2.24, 2.45) is 16.6 Å². The van der Waals surface area contributed by atoms with E-state index in [4.69, 9.17) is 5.73 Å². The van der Waals surface area contributed by atoms with E-state index in [1.165, 1.54) is 17.1 Å². The third-order valence-electron chi connectivity index (χ3n) is 4.57. The van der Waals surface area contributed by atoms with Crippen molar-refractivity contribution in [3.05, 3.63) is 12.4 Å². The lowest BCUT2D eigenvalue weighted by Crippen LogP contribution is -2.29. The predicted octanol–water partition coefficient (Wildman–Crippen LogP) is 0.555. The lowest BCUT2D eigenvalue weighted by atomic mass is 10.0. The zero-order valence-electron chi connectivity index (χ0n) is 11.8. The zero-order valence-corrected chi connectivity index (χ0v) is 12.7. The predicted molar refractivity (Wildman–Crippen MR) is 73.0 cm³/mol. The number of nitrogens with two attached hydrogens (primary N) is 1. The summed E-state index contributed by atoms with van der Waals surface area (Å²) in [6.45, 7) is 9.21. The number of sulfonamides is 1. The minimum Gasteiger partial charge on any atom is -0.329 e. The normalized spacial score (nSPS) is 21.5. The molecule has 0 radical (unpaired) electrons. The Labute approximate surface area is 114 Å². The van der Waals surface area contributed by atoms with E-state index in [2.05, 4.69) is 37.5 Å². The molecule has 108 valence electrons. The summed E-state index contributed by atoms with van der Waals surface area (Å²) in [7, 11) is -3.51. The van der Waals surface area contributed by atoms with Crippen molar-refractivity contribution in [2.45, 2.75) is 45.2 Å². The van der Waals surface area contributed by atoms with Crippen molar-refractivity contribution >= 4 is 10.0 Å². The van der Waals surface area contributed by atoms with Gasteiger partial charge in [0.15, 0.2) is 0 Å². The van der Waals surface area contributed by atoms with Crippen molar-refractivity contribution in [2.75, 3.05) is 6.54 Å². The van der Waals surface area contributed by atoms with E-state index in [1.54, 1.807) is 0 Å². The maximum Gasteiger partial charge on any atom is 0.243 e. The lowest BCUT2D eigenvalue weighted by molar-refractivity contribution is 0.457. The van der Waals surface area contributed by atoms with E-state index < -0.39 is 10.0 Å². The summed E-state index contributed by atoms with van der Waals surface area (Å²) in [5.41, 5.74) is 5.35. The molecule has 1 aromatic heterocycles. The fourth-order valence-electron chi connectivity index (χ4n) is 2.45. The SMILES string of the molecule is CC1(C)C(NS(=O)(=O)c2cnn(CCN)c2)C1(C)C. The fraction of sp³-hybridized carbons (Fsp3) is 0.750. The van der Waals surface area contributed by atoms with Crippen LogP contribution in [0.5, 0.6) is 0 Å². The van der Waals surface area contributed by atoms with Crippen molar-refractivity contribution in [1.82, 2.24) is 14.5 Å². The molecule has 2 rings (SSSR count). The molecule has 0 bridgehead atoms. The third-order valence-corrected chi connectivity index (χ3v) is 5.95. The van der Waals surface area contributed by atoms with Crippen LogP contribution in [0.2, 0.25) is 0 Å². The van der Waals surface area contributed by atoms with Crippen LogP contribution in [0, 0.1) is 10.8 Å². The highest BCUT2D eigenvalue weighted by Crippen LogP contribution is 2.62. The minimum atomic E-state index is -3.51.